The van der Waals surface area contributed by atoms with E-state index in [1.54, 1.807) is 0 Å². The van der Waals surface area contributed by atoms with Gasteiger partial charge in [-0.3, -0.25) is 0 Å². The Kier molecular flexibility index (Phi) is 42.6. The maximum absolute atomic E-state index is 8.07. The minimum Gasteiger partial charge on any atom is -0.400 e. The summed E-state index contributed by atoms with van der Waals surface area (Å²) in [7, 11) is 1.00. The molecule has 2 heteroatoms. The second kappa shape index (κ2) is 29.7. The van der Waals surface area contributed by atoms with Crippen LogP contribution in [0.1, 0.15) is 59.3 Å². The molecule has 0 saturated heterocycles. The lowest BCUT2D eigenvalue weighted by Crippen LogP contribution is -1.75. The lowest BCUT2D eigenvalue weighted by Gasteiger charge is -1.86. The van der Waals surface area contributed by atoms with Crippen molar-refractivity contribution in [2.45, 2.75) is 59.3 Å². The second-order valence-electron chi connectivity index (χ2n) is 2.78. The van der Waals surface area contributed by atoms with E-state index >= 15 is 0 Å². The van der Waals surface area contributed by atoms with Crippen LogP contribution in [0.3, 0.4) is 0 Å². The van der Waals surface area contributed by atoms with E-state index in [9.17, 15) is 0 Å². The monoisotopic (exact) mass is 192 g/mol. The lowest BCUT2D eigenvalue weighted by molar-refractivity contribution is 0.287. The SMILES string of the molecule is CCCCCC.CCCCO.CO. The van der Waals surface area contributed by atoms with Gasteiger partial charge >= 0.3 is 0 Å². The van der Waals surface area contributed by atoms with E-state index < -0.39 is 0 Å². The number of hydrogen-bond donors (Lipinski definition) is 2. The zero-order valence-electron chi connectivity index (χ0n) is 9.84. The third kappa shape index (κ3) is 48.5. The van der Waals surface area contributed by atoms with Gasteiger partial charge in [-0.15, -0.1) is 0 Å². The average Bonchev–Trinajstić information content (AvgIpc) is 2.20. The zero-order chi connectivity index (χ0) is 10.9. The van der Waals surface area contributed by atoms with Crippen LogP contribution in [0, 0.1) is 0 Å². The van der Waals surface area contributed by atoms with E-state index in [-0.39, 0.29) is 0 Å². The molecule has 0 amide bonds. The summed E-state index contributed by atoms with van der Waals surface area (Å²) >= 11 is 0. The predicted octanol–water partition coefficient (Wildman–Crippen LogP) is 2.97. The van der Waals surface area contributed by atoms with E-state index in [1.807, 2.05) is 0 Å². The topological polar surface area (TPSA) is 40.5 Å². The molecule has 0 rings (SSSR count). The normalized spacial score (nSPS) is 7.85. The van der Waals surface area contributed by atoms with Gasteiger partial charge in [-0.2, -0.15) is 0 Å². The molecule has 2 nitrogen and oxygen atoms in total. The van der Waals surface area contributed by atoms with Crippen LogP contribution in [0.2, 0.25) is 0 Å². The van der Waals surface area contributed by atoms with Gasteiger partial charge in [0.1, 0.15) is 0 Å². The minimum absolute atomic E-state index is 0.344. The highest BCUT2D eigenvalue weighted by atomic mass is 16.3. The smallest absolute Gasteiger partial charge is 0.0430 e. The summed E-state index contributed by atoms with van der Waals surface area (Å²) in [4.78, 5) is 0. The number of hydrogen-bond acceptors (Lipinski definition) is 2. The fourth-order valence-corrected chi connectivity index (χ4v) is 0.658. The summed E-state index contributed by atoms with van der Waals surface area (Å²) in [5.74, 6) is 0. The molecule has 0 aliphatic heterocycles. The third-order valence-electron chi connectivity index (χ3n) is 1.47. The summed E-state index contributed by atoms with van der Waals surface area (Å²) in [6.07, 6.45) is 7.57. The van der Waals surface area contributed by atoms with Crippen molar-refractivity contribution >= 4 is 0 Å². The van der Waals surface area contributed by atoms with E-state index in [0.29, 0.717) is 6.61 Å². The molecule has 0 radical (unpaired) electrons. The number of rotatable bonds is 5. The molecule has 0 atom stereocenters. The number of aliphatic hydroxyl groups is 2. The van der Waals surface area contributed by atoms with Crippen molar-refractivity contribution in [2.75, 3.05) is 13.7 Å². The minimum atomic E-state index is 0.344. The molecule has 0 unspecified atom stereocenters. The quantitative estimate of drug-likeness (QED) is 0.657. The Morgan fingerprint density at radius 2 is 1.00 bits per heavy atom. The van der Waals surface area contributed by atoms with Gasteiger partial charge in [0.05, 0.1) is 0 Å². The van der Waals surface area contributed by atoms with Gasteiger partial charge in [0.2, 0.25) is 0 Å². The highest BCUT2D eigenvalue weighted by molar-refractivity contribution is 4.31. The Balaban J connectivity index is -0.000000131. The average molecular weight is 192 g/mol. The standard InChI is InChI=1S/C6H14.C4H10O.CH4O/c1-3-5-6-4-2;1-2-3-4-5;1-2/h3-6H2,1-2H3;5H,2-4H2,1H3;2H,1H3. The Morgan fingerprint density at radius 1 is 0.692 bits per heavy atom. The van der Waals surface area contributed by atoms with Crippen LogP contribution in [-0.4, -0.2) is 23.9 Å². The molecule has 0 bridgehead atoms. The fourth-order valence-electron chi connectivity index (χ4n) is 0.658. The van der Waals surface area contributed by atoms with E-state index in [1.165, 1.54) is 25.7 Å². The van der Waals surface area contributed by atoms with Crippen LogP contribution in [0.25, 0.3) is 0 Å². The number of aliphatic hydroxyl groups excluding tert-OH is 2. The molecule has 0 aromatic carbocycles. The van der Waals surface area contributed by atoms with Crippen molar-refractivity contribution in [3.63, 3.8) is 0 Å². The zero-order valence-corrected chi connectivity index (χ0v) is 9.84. The predicted molar refractivity (Wildman–Crippen MR) is 60.0 cm³/mol. The first-order valence-corrected chi connectivity index (χ1v) is 5.38. The van der Waals surface area contributed by atoms with Crippen LogP contribution >= 0.6 is 0 Å². The van der Waals surface area contributed by atoms with Gasteiger partial charge in [0.25, 0.3) is 0 Å². The third-order valence-corrected chi connectivity index (χ3v) is 1.47. The molecule has 0 heterocycles. The fraction of sp³-hybridized carbons (Fsp3) is 1.00. The summed E-state index contributed by atoms with van der Waals surface area (Å²) in [5, 5.41) is 15.1. The van der Waals surface area contributed by atoms with Crippen molar-refractivity contribution < 1.29 is 10.2 Å². The number of unbranched alkanes of at least 4 members (excludes halogenated alkanes) is 4. The van der Waals surface area contributed by atoms with Gasteiger partial charge in [-0.1, -0.05) is 52.9 Å². The lowest BCUT2D eigenvalue weighted by atomic mass is 10.2. The molecule has 84 valence electrons. The van der Waals surface area contributed by atoms with Crippen molar-refractivity contribution in [1.29, 1.82) is 0 Å². The first-order valence-electron chi connectivity index (χ1n) is 5.38. The maximum Gasteiger partial charge on any atom is 0.0430 e. The summed E-state index contributed by atoms with van der Waals surface area (Å²) in [5.41, 5.74) is 0. The Bertz CT molecular complexity index is 41.4. The summed E-state index contributed by atoms with van der Waals surface area (Å²) < 4.78 is 0. The van der Waals surface area contributed by atoms with Crippen molar-refractivity contribution in [1.82, 2.24) is 0 Å². The van der Waals surface area contributed by atoms with Gasteiger partial charge in [0.15, 0.2) is 0 Å². The molecule has 0 spiro atoms. The summed E-state index contributed by atoms with van der Waals surface area (Å²) in [6.45, 7) is 6.86. The van der Waals surface area contributed by atoms with Crippen LogP contribution < -0.4 is 0 Å². The summed E-state index contributed by atoms with van der Waals surface area (Å²) in [6, 6.07) is 0. The Hall–Kier alpha value is -0.0800. The molecular weight excluding hydrogens is 164 g/mol. The molecular formula is C11H28O2. The molecule has 0 aliphatic rings. The maximum atomic E-state index is 8.07. The van der Waals surface area contributed by atoms with Crippen LogP contribution in [0.4, 0.5) is 0 Å². The highest BCUT2D eigenvalue weighted by Crippen LogP contribution is 1.95. The molecule has 0 aromatic heterocycles. The molecule has 0 saturated carbocycles. The highest BCUT2D eigenvalue weighted by Gasteiger charge is 1.75. The first kappa shape index (κ1) is 18.7. The molecule has 0 aromatic rings. The Labute approximate surface area is 84.0 Å². The van der Waals surface area contributed by atoms with E-state index in [0.717, 1.165) is 20.0 Å². The molecule has 0 fully saturated rings. The van der Waals surface area contributed by atoms with E-state index in [4.69, 9.17) is 10.2 Å². The first-order chi connectivity index (χ1) is 6.33. The van der Waals surface area contributed by atoms with Gasteiger partial charge in [-0.05, 0) is 6.42 Å². The largest absolute Gasteiger partial charge is 0.400 e. The van der Waals surface area contributed by atoms with Crippen molar-refractivity contribution in [3.05, 3.63) is 0 Å². The molecule has 0 aliphatic carbocycles. The van der Waals surface area contributed by atoms with Crippen molar-refractivity contribution in [3.8, 4) is 0 Å². The van der Waals surface area contributed by atoms with Crippen LogP contribution in [0.5, 0.6) is 0 Å². The Morgan fingerprint density at radius 3 is 1.08 bits per heavy atom. The van der Waals surface area contributed by atoms with Gasteiger partial charge < -0.3 is 10.2 Å². The van der Waals surface area contributed by atoms with Crippen LogP contribution in [0.15, 0.2) is 0 Å². The molecule has 2 N–H and O–H groups in total. The van der Waals surface area contributed by atoms with Crippen LogP contribution in [-0.2, 0) is 0 Å². The van der Waals surface area contributed by atoms with Gasteiger partial charge in [-0.25, -0.2) is 0 Å². The van der Waals surface area contributed by atoms with Crippen molar-refractivity contribution in [2.24, 2.45) is 0 Å². The second-order valence-corrected chi connectivity index (χ2v) is 2.78. The van der Waals surface area contributed by atoms with Gasteiger partial charge in [0, 0.05) is 13.7 Å². The molecule has 13 heavy (non-hydrogen) atoms. The van der Waals surface area contributed by atoms with E-state index in [2.05, 4.69) is 20.8 Å².